The standard InChI is InChI=1S/C14H20ClNO4S2/c1-14(2,3)10-4-6-11(7-5-10)22(19,20)16-13-9-21(17,18)8-12(13)15/h4-7,12-13,16H,8-9H2,1-3H3. The lowest BCUT2D eigenvalue weighted by atomic mass is 9.87. The molecule has 0 aromatic heterocycles. The third-order valence-electron chi connectivity index (χ3n) is 3.62. The molecule has 2 unspecified atom stereocenters. The van der Waals surface area contributed by atoms with Crippen LogP contribution in [0, 0.1) is 0 Å². The summed E-state index contributed by atoms with van der Waals surface area (Å²) in [6.45, 7) is 6.11. The summed E-state index contributed by atoms with van der Waals surface area (Å²) in [6.07, 6.45) is 0. The van der Waals surface area contributed by atoms with E-state index in [0.29, 0.717) is 0 Å². The van der Waals surface area contributed by atoms with E-state index in [1.54, 1.807) is 12.1 Å². The molecule has 0 aliphatic carbocycles. The Morgan fingerprint density at radius 2 is 1.68 bits per heavy atom. The summed E-state index contributed by atoms with van der Waals surface area (Å²) in [5, 5.41) is -0.742. The van der Waals surface area contributed by atoms with Crippen LogP contribution in [0.2, 0.25) is 0 Å². The summed E-state index contributed by atoms with van der Waals surface area (Å²) in [5.74, 6) is -0.467. The van der Waals surface area contributed by atoms with Crippen LogP contribution < -0.4 is 4.72 Å². The van der Waals surface area contributed by atoms with Gasteiger partial charge in [-0.15, -0.1) is 11.6 Å². The summed E-state index contributed by atoms with van der Waals surface area (Å²) in [6, 6.07) is 5.78. The summed E-state index contributed by atoms with van der Waals surface area (Å²) in [7, 11) is -7.07. The van der Waals surface area contributed by atoms with Gasteiger partial charge in [-0.1, -0.05) is 32.9 Å². The van der Waals surface area contributed by atoms with Crippen molar-refractivity contribution in [2.75, 3.05) is 11.5 Å². The third-order valence-corrected chi connectivity index (χ3v) is 7.50. The minimum absolute atomic E-state index is 0.0729. The number of rotatable bonds is 3. The van der Waals surface area contributed by atoms with Crippen molar-refractivity contribution >= 4 is 31.5 Å². The van der Waals surface area contributed by atoms with Crippen molar-refractivity contribution < 1.29 is 16.8 Å². The smallest absolute Gasteiger partial charge is 0.229 e. The highest BCUT2D eigenvalue weighted by Crippen LogP contribution is 2.24. The van der Waals surface area contributed by atoms with E-state index in [4.69, 9.17) is 11.6 Å². The van der Waals surface area contributed by atoms with Gasteiger partial charge in [-0.3, -0.25) is 0 Å². The summed E-state index contributed by atoms with van der Waals surface area (Å²) >= 11 is 5.94. The topological polar surface area (TPSA) is 80.3 Å². The predicted molar refractivity (Wildman–Crippen MR) is 87.5 cm³/mol. The first-order valence-electron chi connectivity index (χ1n) is 6.88. The lowest BCUT2D eigenvalue weighted by molar-refractivity contribution is 0.562. The quantitative estimate of drug-likeness (QED) is 0.826. The fourth-order valence-corrected chi connectivity index (χ4v) is 6.32. The minimum atomic E-state index is -3.79. The second kappa shape index (κ2) is 5.78. The number of benzene rings is 1. The van der Waals surface area contributed by atoms with Crippen molar-refractivity contribution in [1.29, 1.82) is 0 Å². The first kappa shape index (κ1) is 17.7. The molecule has 0 bridgehead atoms. The molecule has 1 aromatic rings. The minimum Gasteiger partial charge on any atom is -0.229 e. The van der Waals surface area contributed by atoms with Crippen molar-refractivity contribution in [1.82, 2.24) is 4.72 Å². The molecule has 0 amide bonds. The maximum atomic E-state index is 12.3. The zero-order valence-electron chi connectivity index (χ0n) is 12.7. The molecule has 1 fully saturated rings. The van der Waals surface area contributed by atoms with Crippen molar-refractivity contribution in [2.45, 2.75) is 42.5 Å². The van der Waals surface area contributed by atoms with Gasteiger partial charge in [0, 0.05) is 0 Å². The molecule has 0 saturated carbocycles. The van der Waals surface area contributed by atoms with Gasteiger partial charge < -0.3 is 0 Å². The van der Waals surface area contributed by atoms with Crippen molar-refractivity contribution in [3.63, 3.8) is 0 Å². The van der Waals surface area contributed by atoms with E-state index in [-0.39, 0.29) is 21.8 Å². The van der Waals surface area contributed by atoms with E-state index in [9.17, 15) is 16.8 Å². The molecule has 5 nitrogen and oxygen atoms in total. The molecule has 1 heterocycles. The second-order valence-electron chi connectivity index (χ2n) is 6.60. The summed E-state index contributed by atoms with van der Waals surface area (Å²) in [5.41, 5.74) is 0.946. The Labute approximate surface area is 137 Å². The molecule has 0 radical (unpaired) electrons. The number of hydrogen-bond donors (Lipinski definition) is 1. The Morgan fingerprint density at radius 3 is 2.09 bits per heavy atom. The Morgan fingerprint density at radius 1 is 1.14 bits per heavy atom. The predicted octanol–water partition coefficient (Wildman–Crippen LogP) is 1.67. The molecular weight excluding hydrogens is 346 g/mol. The van der Waals surface area contributed by atoms with Crippen LogP contribution in [0.4, 0.5) is 0 Å². The SMILES string of the molecule is CC(C)(C)c1ccc(S(=O)(=O)NC2CS(=O)(=O)CC2Cl)cc1. The van der Waals surface area contributed by atoms with Gasteiger partial charge in [-0.05, 0) is 23.1 Å². The van der Waals surface area contributed by atoms with Gasteiger partial charge in [0.15, 0.2) is 9.84 Å². The average Bonchev–Trinajstić information content (AvgIpc) is 2.60. The Kier molecular flexibility index (Phi) is 4.65. The monoisotopic (exact) mass is 365 g/mol. The van der Waals surface area contributed by atoms with Gasteiger partial charge in [0.05, 0.1) is 27.8 Å². The number of alkyl halides is 1. The van der Waals surface area contributed by atoms with Crippen LogP contribution in [-0.4, -0.2) is 39.8 Å². The molecule has 1 aromatic carbocycles. The third kappa shape index (κ3) is 4.01. The highest BCUT2D eigenvalue weighted by Gasteiger charge is 2.38. The zero-order chi connectivity index (χ0) is 16.8. The van der Waals surface area contributed by atoms with Gasteiger partial charge in [0.1, 0.15) is 0 Å². The van der Waals surface area contributed by atoms with Crippen LogP contribution in [0.5, 0.6) is 0 Å². The largest absolute Gasteiger partial charge is 0.240 e. The molecule has 0 spiro atoms. The first-order chi connectivity index (χ1) is 9.91. The number of nitrogens with one attached hydrogen (secondary N) is 1. The van der Waals surface area contributed by atoms with Gasteiger partial charge in [0.25, 0.3) is 0 Å². The molecule has 1 aliphatic rings. The maximum absolute atomic E-state index is 12.3. The van der Waals surface area contributed by atoms with Gasteiger partial charge >= 0.3 is 0 Å². The Balaban J connectivity index is 2.21. The van der Waals surface area contributed by atoms with Crippen LogP contribution in [0.25, 0.3) is 0 Å². The lowest BCUT2D eigenvalue weighted by Gasteiger charge is -2.20. The lowest BCUT2D eigenvalue weighted by Crippen LogP contribution is -2.40. The molecule has 8 heteroatoms. The van der Waals surface area contributed by atoms with Crippen LogP contribution in [0.1, 0.15) is 26.3 Å². The summed E-state index contributed by atoms with van der Waals surface area (Å²) in [4.78, 5) is 0.105. The van der Waals surface area contributed by atoms with E-state index in [1.807, 2.05) is 20.8 Å². The van der Waals surface area contributed by atoms with Crippen LogP contribution in [0.3, 0.4) is 0 Å². The highest BCUT2D eigenvalue weighted by molar-refractivity contribution is 7.92. The molecular formula is C14H20ClNO4S2. The van der Waals surface area contributed by atoms with Crippen molar-refractivity contribution in [2.24, 2.45) is 0 Å². The summed E-state index contributed by atoms with van der Waals surface area (Å²) < 4.78 is 50.1. The van der Waals surface area contributed by atoms with Crippen LogP contribution in [-0.2, 0) is 25.3 Å². The molecule has 1 N–H and O–H groups in total. The maximum Gasteiger partial charge on any atom is 0.240 e. The van der Waals surface area contributed by atoms with Crippen molar-refractivity contribution in [3.05, 3.63) is 29.8 Å². The molecule has 2 rings (SSSR count). The fraction of sp³-hybridized carbons (Fsp3) is 0.571. The Hall–Kier alpha value is -0.630. The van der Waals surface area contributed by atoms with E-state index in [1.165, 1.54) is 12.1 Å². The molecule has 1 saturated heterocycles. The number of sulfone groups is 1. The van der Waals surface area contributed by atoms with E-state index < -0.39 is 31.3 Å². The Bertz CT molecular complexity index is 749. The van der Waals surface area contributed by atoms with Gasteiger partial charge in [-0.25, -0.2) is 21.6 Å². The average molecular weight is 366 g/mol. The number of halogens is 1. The van der Waals surface area contributed by atoms with E-state index in [2.05, 4.69) is 4.72 Å². The second-order valence-corrected chi connectivity index (χ2v) is 11.0. The zero-order valence-corrected chi connectivity index (χ0v) is 15.1. The molecule has 2 atom stereocenters. The van der Waals surface area contributed by atoms with Gasteiger partial charge in [-0.2, -0.15) is 0 Å². The fourth-order valence-electron chi connectivity index (χ4n) is 2.31. The number of hydrogen-bond acceptors (Lipinski definition) is 4. The van der Waals surface area contributed by atoms with Crippen LogP contribution >= 0.6 is 11.6 Å². The van der Waals surface area contributed by atoms with Gasteiger partial charge in [0.2, 0.25) is 10.0 Å². The molecule has 22 heavy (non-hydrogen) atoms. The van der Waals surface area contributed by atoms with E-state index >= 15 is 0 Å². The van der Waals surface area contributed by atoms with Crippen LogP contribution in [0.15, 0.2) is 29.2 Å². The highest BCUT2D eigenvalue weighted by atomic mass is 35.5. The van der Waals surface area contributed by atoms with Crippen molar-refractivity contribution in [3.8, 4) is 0 Å². The first-order valence-corrected chi connectivity index (χ1v) is 10.6. The number of sulfonamides is 1. The molecule has 124 valence electrons. The normalized spacial score (nSPS) is 25.3. The van der Waals surface area contributed by atoms with E-state index in [0.717, 1.165) is 5.56 Å². The molecule has 1 aliphatic heterocycles.